The SMILES string of the molecule is CCC(N)Cc1ccc(OCCc2ccccn2)c(Br)c1. The molecule has 1 aromatic heterocycles. The largest absolute Gasteiger partial charge is 0.492 e. The maximum Gasteiger partial charge on any atom is 0.133 e. The normalized spacial score (nSPS) is 12.1. The Morgan fingerprint density at radius 3 is 2.81 bits per heavy atom. The van der Waals surface area contributed by atoms with Crippen LogP contribution in [0.5, 0.6) is 5.75 Å². The molecule has 112 valence electrons. The molecule has 1 atom stereocenters. The Balaban J connectivity index is 1.89. The molecule has 0 radical (unpaired) electrons. The second kappa shape index (κ2) is 8.15. The van der Waals surface area contributed by atoms with E-state index in [1.807, 2.05) is 24.3 Å². The quantitative estimate of drug-likeness (QED) is 0.828. The van der Waals surface area contributed by atoms with Gasteiger partial charge in [-0.2, -0.15) is 0 Å². The van der Waals surface area contributed by atoms with Crippen molar-refractivity contribution < 1.29 is 4.74 Å². The summed E-state index contributed by atoms with van der Waals surface area (Å²) in [4.78, 5) is 4.28. The molecular formula is C17H21BrN2O. The average molecular weight is 349 g/mol. The summed E-state index contributed by atoms with van der Waals surface area (Å²) in [5.74, 6) is 0.861. The van der Waals surface area contributed by atoms with Crippen molar-refractivity contribution in [1.82, 2.24) is 4.98 Å². The van der Waals surface area contributed by atoms with Gasteiger partial charge in [0.25, 0.3) is 0 Å². The van der Waals surface area contributed by atoms with Crippen molar-refractivity contribution in [3.63, 3.8) is 0 Å². The summed E-state index contributed by atoms with van der Waals surface area (Å²) in [7, 11) is 0. The molecule has 0 amide bonds. The first kappa shape index (κ1) is 16.0. The van der Waals surface area contributed by atoms with Crippen LogP contribution in [0.1, 0.15) is 24.6 Å². The summed E-state index contributed by atoms with van der Waals surface area (Å²) in [5.41, 5.74) is 8.26. The lowest BCUT2D eigenvalue weighted by Gasteiger charge is -2.12. The van der Waals surface area contributed by atoms with Gasteiger partial charge in [-0.25, -0.2) is 0 Å². The van der Waals surface area contributed by atoms with Crippen LogP contribution in [-0.2, 0) is 12.8 Å². The average Bonchev–Trinajstić information content (AvgIpc) is 2.50. The number of rotatable bonds is 7. The van der Waals surface area contributed by atoms with Gasteiger partial charge in [0.15, 0.2) is 0 Å². The smallest absolute Gasteiger partial charge is 0.133 e. The Morgan fingerprint density at radius 1 is 1.29 bits per heavy atom. The predicted molar refractivity (Wildman–Crippen MR) is 89.5 cm³/mol. The number of halogens is 1. The number of aromatic nitrogens is 1. The Bertz CT molecular complexity index is 560. The molecule has 3 nitrogen and oxygen atoms in total. The van der Waals surface area contributed by atoms with Gasteiger partial charge in [-0.3, -0.25) is 4.98 Å². The maximum absolute atomic E-state index is 5.98. The summed E-state index contributed by atoms with van der Waals surface area (Å²) in [6.07, 6.45) is 4.48. The zero-order valence-corrected chi connectivity index (χ0v) is 13.8. The first-order valence-corrected chi connectivity index (χ1v) is 8.05. The van der Waals surface area contributed by atoms with Crippen LogP contribution in [0.2, 0.25) is 0 Å². The molecule has 2 rings (SSSR count). The van der Waals surface area contributed by atoms with Crippen LogP contribution in [0.15, 0.2) is 47.1 Å². The molecule has 1 heterocycles. The van der Waals surface area contributed by atoms with E-state index in [4.69, 9.17) is 10.5 Å². The van der Waals surface area contributed by atoms with Gasteiger partial charge in [0, 0.05) is 24.4 Å². The van der Waals surface area contributed by atoms with Gasteiger partial charge in [0.1, 0.15) is 5.75 Å². The van der Waals surface area contributed by atoms with E-state index in [9.17, 15) is 0 Å². The van der Waals surface area contributed by atoms with Crippen LogP contribution in [0.25, 0.3) is 0 Å². The van der Waals surface area contributed by atoms with E-state index in [1.54, 1.807) is 6.20 Å². The van der Waals surface area contributed by atoms with Crippen molar-refractivity contribution in [2.75, 3.05) is 6.61 Å². The van der Waals surface area contributed by atoms with Gasteiger partial charge in [-0.15, -0.1) is 0 Å². The molecule has 1 aromatic carbocycles. The fourth-order valence-corrected chi connectivity index (χ4v) is 2.59. The van der Waals surface area contributed by atoms with Crippen LogP contribution in [0.3, 0.4) is 0 Å². The number of hydrogen-bond acceptors (Lipinski definition) is 3. The lowest BCUT2D eigenvalue weighted by Crippen LogP contribution is -2.21. The Kier molecular flexibility index (Phi) is 6.21. The Hall–Kier alpha value is -1.39. The number of pyridine rings is 1. The zero-order chi connectivity index (χ0) is 15.1. The third-order valence-corrected chi connectivity index (χ3v) is 3.98. The molecule has 0 saturated carbocycles. The van der Waals surface area contributed by atoms with E-state index < -0.39 is 0 Å². The monoisotopic (exact) mass is 348 g/mol. The van der Waals surface area contributed by atoms with Gasteiger partial charge in [0.05, 0.1) is 11.1 Å². The topological polar surface area (TPSA) is 48.1 Å². The summed E-state index contributed by atoms with van der Waals surface area (Å²) in [5, 5.41) is 0. The van der Waals surface area contributed by atoms with Crippen molar-refractivity contribution >= 4 is 15.9 Å². The van der Waals surface area contributed by atoms with Crippen LogP contribution < -0.4 is 10.5 Å². The van der Waals surface area contributed by atoms with Crippen LogP contribution in [0.4, 0.5) is 0 Å². The minimum atomic E-state index is 0.216. The van der Waals surface area contributed by atoms with Gasteiger partial charge in [-0.05, 0) is 58.6 Å². The fourth-order valence-electron chi connectivity index (χ4n) is 2.05. The third kappa shape index (κ3) is 5.14. The van der Waals surface area contributed by atoms with E-state index in [0.717, 1.165) is 35.2 Å². The summed E-state index contributed by atoms with van der Waals surface area (Å²) < 4.78 is 6.79. The highest BCUT2D eigenvalue weighted by Crippen LogP contribution is 2.26. The van der Waals surface area contributed by atoms with Gasteiger partial charge in [0.2, 0.25) is 0 Å². The third-order valence-electron chi connectivity index (χ3n) is 3.36. The number of hydrogen-bond donors (Lipinski definition) is 1. The number of nitrogens with zero attached hydrogens (tertiary/aromatic N) is 1. The van der Waals surface area contributed by atoms with Crippen molar-refractivity contribution in [2.24, 2.45) is 5.73 Å². The van der Waals surface area contributed by atoms with E-state index in [2.05, 4.69) is 40.0 Å². The Labute approximate surface area is 134 Å². The fraction of sp³-hybridized carbons (Fsp3) is 0.353. The molecule has 21 heavy (non-hydrogen) atoms. The number of ether oxygens (including phenoxy) is 1. The standard InChI is InChI=1S/C17H21BrN2O/c1-2-14(19)11-13-6-7-17(16(18)12-13)21-10-8-15-5-3-4-9-20-15/h3-7,9,12,14H,2,8,10-11,19H2,1H3. The second-order valence-electron chi connectivity index (χ2n) is 5.06. The lowest BCUT2D eigenvalue weighted by atomic mass is 10.0. The van der Waals surface area contributed by atoms with Crippen LogP contribution >= 0.6 is 15.9 Å². The molecule has 1 unspecified atom stereocenters. The first-order valence-electron chi connectivity index (χ1n) is 7.25. The summed E-state index contributed by atoms with van der Waals surface area (Å²) >= 11 is 3.56. The molecule has 0 spiro atoms. The molecule has 0 aliphatic heterocycles. The van der Waals surface area contributed by atoms with Crippen molar-refractivity contribution in [1.29, 1.82) is 0 Å². The predicted octanol–water partition coefficient (Wildman–Crippen LogP) is 3.75. The maximum atomic E-state index is 5.98. The van der Waals surface area contributed by atoms with E-state index in [1.165, 1.54) is 5.56 Å². The first-order chi connectivity index (χ1) is 10.2. The molecule has 0 saturated heterocycles. The van der Waals surface area contributed by atoms with Crippen molar-refractivity contribution in [2.45, 2.75) is 32.2 Å². The molecule has 2 N–H and O–H groups in total. The highest BCUT2D eigenvalue weighted by Gasteiger charge is 2.06. The zero-order valence-electron chi connectivity index (χ0n) is 12.3. The van der Waals surface area contributed by atoms with E-state index in [0.29, 0.717) is 6.61 Å². The van der Waals surface area contributed by atoms with Gasteiger partial charge >= 0.3 is 0 Å². The lowest BCUT2D eigenvalue weighted by molar-refractivity contribution is 0.318. The highest BCUT2D eigenvalue weighted by molar-refractivity contribution is 9.10. The molecule has 0 aliphatic rings. The Morgan fingerprint density at radius 2 is 2.14 bits per heavy atom. The molecule has 0 bridgehead atoms. The molecule has 4 heteroatoms. The van der Waals surface area contributed by atoms with Crippen molar-refractivity contribution in [3.05, 3.63) is 58.3 Å². The second-order valence-corrected chi connectivity index (χ2v) is 5.91. The number of nitrogens with two attached hydrogens (primary N) is 1. The van der Waals surface area contributed by atoms with E-state index >= 15 is 0 Å². The molecule has 2 aromatic rings. The van der Waals surface area contributed by atoms with Crippen molar-refractivity contribution in [3.8, 4) is 5.75 Å². The van der Waals surface area contributed by atoms with Crippen LogP contribution in [0, 0.1) is 0 Å². The van der Waals surface area contributed by atoms with Crippen LogP contribution in [-0.4, -0.2) is 17.6 Å². The minimum absolute atomic E-state index is 0.216. The molecule has 0 fully saturated rings. The molecular weight excluding hydrogens is 328 g/mol. The number of benzene rings is 1. The van der Waals surface area contributed by atoms with Gasteiger partial charge < -0.3 is 10.5 Å². The highest BCUT2D eigenvalue weighted by atomic mass is 79.9. The molecule has 0 aliphatic carbocycles. The summed E-state index contributed by atoms with van der Waals surface area (Å²) in [6, 6.07) is 12.3. The minimum Gasteiger partial charge on any atom is -0.492 e. The summed E-state index contributed by atoms with van der Waals surface area (Å²) in [6.45, 7) is 2.72. The van der Waals surface area contributed by atoms with Gasteiger partial charge in [-0.1, -0.05) is 19.1 Å². The van der Waals surface area contributed by atoms with E-state index in [-0.39, 0.29) is 6.04 Å².